The Balaban J connectivity index is 2.96. The molecule has 0 aliphatic rings. The number of aryl methyl sites for hydroxylation is 1. The van der Waals surface area contributed by atoms with Crippen molar-refractivity contribution in [1.29, 1.82) is 0 Å². The van der Waals surface area contributed by atoms with Gasteiger partial charge in [0.25, 0.3) is 5.56 Å². The van der Waals surface area contributed by atoms with Gasteiger partial charge in [0.1, 0.15) is 0 Å². The Labute approximate surface area is 119 Å². The lowest BCUT2D eigenvalue weighted by molar-refractivity contribution is 0.863. The molecule has 2 rings (SSSR count). The smallest absolute Gasteiger partial charge is 0.263 e. The highest BCUT2D eigenvalue weighted by Crippen LogP contribution is 2.06. The number of pyridine rings is 1. The molecule has 0 spiro atoms. The van der Waals surface area contributed by atoms with Gasteiger partial charge in [-0.15, -0.1) is 0 Å². The van der Waals surface area contributed by atoms with Crippen LogP contribution in [0.3, 0.4) is 0 Å². The summed E-state index contributed by atoms with van der Waals surface area (Å²) >= 11 is 0. The minimum atomic E-state index is 0.00329. The van der Waals surface area contributed by atoms with Crippen LogP contribution in [0.15, 0.2) is 53.8 Å². The molecule has 0 fully saturated rings. The second-order valence-corrected chi connectivity index (χ2v) is 4.53. The first-order valence-corrected chi connectivity index (χ1v) is 6.82. The first kappa shape index (κ1) is 14.1. The minimum Gasteiger partial charge on any atom is -0.281 e. The summed E-state index contributed by atoms with van der Waals surface area (Å²) < 4.78 is 1.78. The third-order valence-electron chi connectivity index (χ3n) is 3.33. The maximum atomic E-state index is 12.8. The van der Waals surface area contributed by atoms with Crippen LogP contribution in [0.4, 0.5) is 0 Å². The van der Waals surface area contributed by atoms with Gasteiger partial charge in [0, 0.05) is 16.6 Å². The minimum absolute atomic E-state index is 0.00329. The van der Waals surface area contributed by atoms with Gasteiger partial charge in [0.05, 0.1) is 0 Å². The normalized spacial score (nSPS) is 12.7. The molecule has 0 aliphatic carbocycles. The average Bonchev–Trinajstić information content (AvgIpc) is 2.49. The van der Waals surface area contributed by atoms with Gasteiger partial charge in [-0.3, -0.25) is 9.36 Å². The molecule has 0 amide bonds. The van der Waals surface area contributed by atoms with E-state index in [1.165, 1.54) is 0 Å². The number of nitrogens with zero attached hydrogens (tertiary/aromatic N) is 1. The number of hydrogen-bond acceptors (Lipinski definition) is 1. The quantitative estimate of drug-likeness (QED) is 0.833. The predicted molar refractivity (Wildman–Crippen MR) is 85.5 cm³/mol. The van der Waals surface area contributed by atoms with E-state index in [1.807, 2.05) is 43.3 Å². The molecule has 0 saturated heterocycles. The monoisotopic (exact) mass is 265 g/mol. The lowest BCUT2D eigenvalue weighted by atomic mass is 10.1. The first-order chi connectivity index (χ1) is 9.72. The summed E-state index contributed by atoms with van der Waals surface area (Å²) in [6.07, 6.45) is 6.20. The topological polar surface area (TPSA) is 22.0 Å². The fraction of sp³-hybridized carbons (Fsp3) is 0.167. The van der Waals surface area contributed by atoms with Gasteiger partial charge in [-0.05, 0) is 42.8 Å². The molecular weight excluding hydrogens is 246 g/mol. The largest absolute Gasteiger partial charge is 0.281 e. The number of aromatic nitrogens is 1. The Bertz CT molecular complexity index is 783. The Morgan fingerprint density at radius 2 is 1.95 bits per heavy atom. The van der Waals surface area contributed by atoms with Gasteiger partial charge < -0.3 is 0 Å². The van der Waals surface area contributed by atoms with Crippen molar-refractivity contribution < 1.29 is 0 Å². The molecule has 0 saturated carbocycles. The molecule has 0 N–H and O–H groups in total. The van der Waals surface area contributed by atoms with Crippen molar-refractivity contribution >= 4 is 12.2 Å². The van der Waals surface area contributed by atoms with E-state index in [0.29, 0.717) is 5.22 Å². The molecule has 20 heavy (non-hydrogen) atoms. The van der Waals surface area contributed by atoms with E-state index in [9.17, 15) is 4.79 Å². The van der Waals surface area contributed by atoms with Crippen molar-refractivity contribution in [2.24, 2.45) is 0 Å². The van der Waals surface area contributed by atoms with Gasteiger partial charge in [-0.2, -0.15) is 0 Å². The van der Waals surface area contributed by atoms with Gasteiger partial charge in [0.15, 0.2) is 0 Å². The number of allylic oxidation sites excluding steroid dienone is 1. The van der Waals surface area contributed by atoms with Crippen molar-refractivity contribution in [3.8, 4) is 5.69 Å². The summed E-state index contributed by atoms with van der Waals surface area (Å²) in [5.74, 6) is 0. The molecule has 0 aliphatic heterocycles. The number of rotatable bonds is 3. The van der Waals surface area contributed by atoms with Gasteiger partial charge in [-0.1, -0.05) is 43.9 Å². The number of para-hydroxylation sites is 1. The second-order valence-electron chi connectivity index (χ2n) is 4.53. The van der Waals surface area contributed by atoms with E-state index in [4.69, 9.17) is 0 Å². The molecule has 1 aromatic heterocycles. The van der Waals surface area contributed by atoms with Crippen molar-refractivity contribution in [3.63, 3.8) is 0 Å². The van der Waals surface area contributed by atoms with Crippen LogP contribution in [0.1, 0.15) is 19.5 Å². The van der Waals surface area contributed by atoms with Crippen LogP contribution in [0.2, 0.25) is 0 Å². The highest BCUT2D eigenvalue weighted by atomic mass is 16.1. The maximum Gasteiger partial charge on any atom is 0.263 e. The van der Waals surface area contributed by atoms with Crippen LogP contribution in [0.25, 0.3) is 17.8 Å². The zero-order valence-corrected chi connectivity index (χ0v) is 12.0. The lowest BCUT2D eigenvalue weighted by Gasteiger charge is -2.12. The molecule has 0 unspecified atom stereocenters. The summed E-state index contributed by atoms with van der Waals surface area (Å²) in [5, 5.41) is 1.64. The number of benzene rings is 1. The molecule has 0 radical (unpaired) electrons. The standard InChI is InChI=1S/C18H19NO/c1-4-10-17-14(5-2)13-15(6-3)19(18(17)20)16-11-8-7-9-12-16/h4-5,7-13H,1,6H2,2-3H3/b14-5-,17-10+. The average molecular weight is 265 g/mol. The maximum absolute atomic E-state index is 12.8. The molecule has 2 nitrogen and oxygen atoms in total. The lowest BCUT2D eigenvalue weighted by Crippen LogP contribution is -2.45. The van der Waals surface area contributed by atoms with E-state index in [1.54, 1.807) is 16.7 Å². The molecule has 2 aromatic rings. The van der Waals surface area contributed by atoms with Gasteiger partial charge >= 0.3 is 0 Å². The van der Waals surface area contributed by atoms with Gasteiger partial charge in [-0.25, -0.2) is 0 Å². The Kier molecular flexibility index (Phi) is 4.36. The molecule has 2 heteroatoms. The summed E-state index contributed by atoms with van der Waals surface area (Å²) in [5.41, 5.74) is 1.91. The Morgan fingerprint density at radius 1 is 1.25 bits per heavy atom. The van der Waals surface area contributed by atoms with Crippen molar-refractivity contribution in [1.82, 2.24) is 4.57 Å². The first-order valence-electron chi connectivity index (χ1n) is 6.82. The third-order valence-corrected chi connectivity index (χ3v) is 3.33. The van der Waals surface area contributed by atoms with Crippen LogP contribution in [0, 0.1) is 0 Å². The highest BCUT2D eigenvalue weighted by Gasteiger charge is 2.07. The second kappa shape index (κ2) is 6.20. The van der Waals surface area contributed by atoms with Crippen LogP contribution >= 0.6 is 0 Å². The van der Waals surface area contributed by atoms with E-state index in [0.717, 1.165) is 23.0 Å². The summed E-state index contributed by atoms with van der Waals surface area (Å²) in [6, 6.07) is 11.8. The van der Waals surface area contributed by atoms with Crippen molar-refractivity contribution in [2.45, 2.75) is 20.3 Å². The SMILES string of the molecule is C=C/C=c1/c(=O)n(-c2ccccc2)c(CC)c/c1=C/C. The zero-order chi connectivity index (χ0) is 14.5. The molecule has 102 valence electrons. The van der Waals surface area contributed by atoms with E-state index in [2.05, 4.69) is 19.6 Å². The van der Waals surface area contributed by atoms with Crippen molar-refractivity contribution in [2.75, 3.05) is 0 Å². The third kappa shape index (κ3) is 2.50. The summed E-state index contributed by atoms with van der Waals surface area (Å²) in [4.78, 5) is 12.8. The molecule has 0 atom stereocenters. The van der Waals surface area contributed by atoms with Crippen LogP contribution in [-0.2, 0) is 6.42 Å². The summed E-state index contributed by atoms with van der Waals surface area (Å²) in [6.45, 7) is 7.71. The summed E-state index contributed by atoms with van der Waals surface area (Å²) in [7, 11) is 0. The molecular formula is C18H19NO. The van der Waals surface area contributed by atoms with Gasteiger partial charge in [0.2, 0.25) is 0 Å². The molecule has 1 heterocycles. The predicted octanol–water partition coefficient (Wildman–Crippen LogP) is 2.17. The zero-order valence-electron chi connectivity index (χ0n) is 12.0. The van der Waals surface area contributed by atoms with Crippen LogP contribution in [0.5, 0.6) is 0 Å². The van der Waals surface area contributed by atoms with E-state index < -0.39 is 0 Å². The fourth-order valence-electron chi connectivity index (χ4n) is 2.34. The molecule has 0 bridgehead atoms. The van der Waals surface area contributed by atoms with Crippen LogP contribution < -0.4 is 16.0 Å². The van der Waals surface area contributed by atoms with Crippen molar-refractivity contribution in [3.05, 3.63) is 75.5 Å². The fourth-order valence-corrected chi connectivity index (χ4v) is 2.34. The number of hydrogen-bond donors (Lipinski definition) is 0. The highest BCUT2D eigenvalue weighted by molar-refractivity contribution is 5.41. The molecule has 1 aromatic carbocycles. The van der Waals surface area contributed by atoms with Crippen LogP contribution in [-0.4, -0.2) is 4.57 Å². The van der Waals surface area contributed by atoms with E-state index >= 15 is 0 Å². The Morgan fingerprint density at radius 3 is 2.50 bits per heavy atom. The van der Waals surface area contributed by atoms with E-state index in [-0.39, 0.29) is 5.56 Å². The Hall–Kier alpha value is -2.35.